The SMILES string of the molecule is [2H]C([2H])(/C=C/c1cc2c(N[C@@H]3CCN(C)C[C@@H]3F)cccc2c(C(=C)C(F)(F)F)n1)NC(=O)C1CC1. The van der Waals surface area contributed by atoms with E-state index in [0.29, 0.717) is 36.9 Å². The van der Waals surface area contributed by atoms with Crippen LogP contribution >= 0.6 is 0 Å². The van der Waals surface area contributed by atoms with Gasteiger partial charge < -0.3 is 15.5 Å². The van der Waals surface area contributed by atoms with Gasteiger partial charge in [-0.3, -0.25) is 4.79 Å². The topological polar surface area (TPSA) is 57.3 Å². The molecule has 9 heteroatoms. The molecule has 0 unspecified atom stereocenters. The van der Waals surface area contributed by atoms with E-state index in [2.05, 4.69) is 22.2 Å². The summed E-state index contributed by atoms with van der Waals surface area (Å²) in [4.78, 5) is 18.0. The second-order valence-electron chi connectivity index (χ2n) is 8.83. The largest absolute Gasteiger partial charge is 0.417 e. The molecule has 2 aromatic rings. The molecular formula is C25H28F4N4O. The van der Waals surface area contributed by atoms with Crippen LogP contribution in [0.2, 0.25) is 0 Å². The Bertz CT molecular complexity index is 1200. The number of alkyl halides is 4. The maximum absolute atomic E-state index is 14.7. The summed E-state index contributed by atoms with van der Waals surface area (Å²) in [6.07, 6.45) is -1.70. The number of anilines is 1. The number of nitrogens with one attached hydrogen (secondary N) is 2. The highest BCUT2D eigenvalue weighted by atomic mass is 19.4. The van der Waals surface area contributed by atoms with E-state index < -0.39 is 42.1 Å². The summed E-state index contributed by atoms with van der Waals surface area (Å²) in [5, 5.41) is 6.00. The minimum atomic E-state index is -4.74. The Kier molecular flexibility index (Phi) is 6.18. The molecule has 2 fully saturated rings. The van der Waals surface area contributed by atoms with Gasteiger partial charge in [-0.15, -0.1) is 0 Å². The zero-order valence-electron chi connectivity index (χ0n) is 20.8. The second-order valence-corrected chi connectivity index (χ2v) is 8.83. The van der Waals surface area contributed by atoms with Crippen LogP contribution in [0.3, 0.4) is 0 Å². The maximum Gasteiger partial charge on any atom is 0.417 e. The predicted molar refractivity (Wildman–Crippen MR) is 126 cm³/mol. The first kappa shape index (κ1) is 21.6. The lowest BCUT2D eigenvalue weighted by molar-refractivity contribution is -0.122. The quantitative estimate of drug-likeness (QED) is 0.561. The lowest BCUT2D eigenvalue weighted by Crippen LogP contribution is -2.46. The normalized spacial score (nSPS) is 23.0. The molecule has 0 radical (unpaired) electrons. The van der Waals surface area contributed by atoms with Crippen LogP contribution < -0.4 is 10.6 Å². The Balaban J connectivity index is 1.72. The Morgan fingerprint density at radius 1 is 1.32 bits per heavy atom. The number of halogens is 4. The number of pyridine rings is 1. The van der Waals surface area contributed by atoms with Gasteiger partial charge in [0.05, 0.1) is 25.7 Å². The number of carbonyl (C=O) groups excluding carboxylic acids is 1. The van der Waals surface area contributed by atoms with Gasteiger partial charge in [0, 0.05) is 42.0 Å². The highest BCUT2D eigenvalue weighted by Gasteiger charge is 2.35. The molecule has 34 heavy (non-hydrogen) atoms. The number of aromatic nitrogens is 1. The van der Waals surface area contributed by atoms with E-state index in [1.807, 2.05) is 11.9 Å². The van der Waals surface area contributed by atoms with Crippen molar-refractivity contribution in [3.05, 3.63) is 48.3 Å². The van der Waals surface area contributed by atoms with E-state index in [9.17, 15) is 22.4 Å². The van der Waals surface area contributed by atoms with Gasteiger partial charge in [0.2, 0.25) is 5.91 Å². The lowest BCUT2D eigenvalue weighted by atomic mass is 9.99. The minimum Gasteiger partial charge on any atom is -0.379 e. The van der Waals surface area contributed by atoms with Crippen molar-refractivity contribution < 1.29 is 25.1 Å². The molecule has 5 nitrogen and oxygen atoms in total. The molecule has 0 bridgehead atoms. The second kappa shape index (κ2) is 9.74. The summed E-state index contributed by atoms with van der Waals surface area (Å²) in [5.41, 5.74) is -1.05. The number of hydrogen-bond acceptors (Lipinski definition) is 4. The summed E-state index contributed by atoms with van der Waals surface area (Å²) < 4.78 is 71.6. The monoisotopic (exact) mass is 478 g/mol. The summed E-state index contributed by atoms with van der Waals surface area (Å²) in [6, 6.07) is 5.73. The number of allylic oxidation sites excluding steroid dienone is 1. The lowest BCUT2D eigenvalue weighted by Gasteiger charge is -2.33. The number of fused-ring (bicyclic) bond motifs is 1. The van der Waals surface area contributed by atoms with Gasteiger partial charge in [-0.25, -0.2) is 9.37 Å². The fraction of sp³-hybridized carbons (Fsp3) is 0.440. The molecule has 1 aliphatic heterocycles. The molecule has 182 valence electrons. The average Bonchev–Trinajstić information content (AvgIpc) is 3.64. The van der Waals surface area contributed by atoms with Gasteiger partial charge >= 0.3 is 6.18 Å². The minimum absolute atomic E-state index is 0.0434. The number of nitrogens with zero attached hydrogens (tertiary/aromatic N) is 2. The third-order valence-corrected chi connectivity index (χ3v) is 6.09. The maximum atomic E-state index is 14.7. The van der Waals surface area contributed by atoms with Crippen molar-refractivity contribution in [2.75, 3.05) is 32.0 Å². The van der Waals surface area contributed by atoms with E-state index in [4.69, 9.17) is 2.74 Å². The number of carbonyl (C=O) groups is 1. The van der Waals surface area contributed by atoms with Gasteiger partial charge in [0.25, 0.3) is 0 Å². The third kappa shape index (κ3) is 5.58. The van der Waals surface area contributed by atoms with Gasteiger partial charge in [0.1, 0.15) is 6.17 Å². The molecule has 4 rings (SSSR count). The van der Waals surface area contributed by atoms with E-state index in [1.165, 1.54) is 18.2 Å². The number of piperidine rings is 1. The van der Waals surface area contributed by atoms with Gasteiger partial charge in [0.15, 0.2) is 0 Å². The first-order chi connectivity index (χ1) is 16.8. The van der Waals surface area contributed by atoms with Crippen LogP contribution in [-0.4, -0.2) is 60.8 Å². The van der Waals surface area contributed by atoms with Crippen LogP contribution in [0.25, 0.3) is 22.4 Å². The van der Waals surface area contributed by atoms with Gasteiger partial charge in [-0.1, -0.05) is 24.8 Å². The van der Waals surface area contributed by atoms with Gasteiger partial charge in [-0.2, -0.15) is 13.2 Å². The fourth-order valence-electron chi connectivity index (χ4n) is 3.98. The van der Waals surface area contributed by atoms with Crippen molar-refractivity contribution in [1.82, 2.24) is 15.2 Å². The Hall–Kier alpha value is -2.94. The first-order valence-electron chi connectivity index (χ1n) is 12.1. The Morgan fingerprint density at radius 2 is 2.09 bits per heavy atom. The van der Waals surface area contributed by atoms with E-state index in [0.717, 1.165) is 6.08 Å². The number of rotatable bonds is 7. The van der Waals surface area contributed by atoms with Crippen molar-refractivity contribution in [3.63, 3.8) is 0 Å². The third-order valence-electron chi connectivity index (χ3n) is 6.09. The summed E-state index contributed by atoms with van der Waals surface area (Å²) >= 11 is 0. The molecule has 2 N–H and O–H groups in total. The van der Waals surface area contributed by atoms with Crippen LogP contribution in [0.4, 0.5) is 23.2 Å². The summed E-state index contributed by atoms with van der Waals surface area (Å²) in [6.45, 7) is 1.90. The molecule has 1 saturated heterocycles. The molecule has 2 atom stereocenters. The van der Waals surface area contributed by atoms with Crippen molar-refractivity contribution >= 4 is 34.0 Å². The van der Waals surface area contributed by atoms with Crippen LogP contribution in [0.15, 0.2) is 36.9 Å². The zero-order valence-corrected chi connectivity index (χ0v) is 18.8. The van der Waals surface area contributed by atoms with Crippen LogP contribution in [0.5, 0.6) is 0 Å². The molecule has 1 aromatic carbocycles. The smallest absolute Gasteiger partial charge is 0.379 e. The molecule has 1 amide bonds. The standard InChI is InChI=1S/C25H28F4N4O/c1-15(25(27,28)29)23-18-6-3-7-21(32-22-10-12-33(2)14-20(22)26)19(18)13-17(31-23)5-4-11-30-24(34)16-8-9-16/h3-7,13,16,20,22,32H,1,8-12,14H2,2H3,(H,30,34)/b5-4+/t20-,22+/m0/s1/i11D2. The van der Waals surface area contributed by atoms with Crippen molar-refractivity contribution in [2.45, 2.75) is 37.7 Å². The number of benzene rings is 1. The molecule has 1 aromatic heterocycles. The predicted octanol–water partition coefficient (Wildman–Crippen LogP) is 4.80. The molecule has 1 saturated carbocycles. The van der Waals surface area contributed by atoms with E-state index in [1.54, 1.807) is 12.1 Å². The Labute approximate surface area is 198 Å². The zero-order chi connectivity index (χ0) is 26.3. The summed E-state index contributed by atoms with van der Waals surface area (Å²) in [7, 11) is 1.83. The molecular weight excluding hydrogens is 448 g/mol. The Morgan fingerprint density at radius 3 is 2.76 bits per heavy atom. The molecule has 1 aliphatic carbocycles. The van der Waals surface area contributed by atoms with Crippen molar-refractivity contribution in [1.29, 1.82) is 0 Å². The number of amides is 1. The van der Waals surface area contributed by atoms with Crippen molar-refractivity contribution in [3.8, 4) is 0 Å². The van der Waals surface area contributed by atoms with Crippen LogP contribution in [0.1, 0.15) is 33.4 Å². The average molecular weight is 479 g/mol. The van der Waals surface area contributed by atoms with E-state index in [-0.39, 0.29) is 23.5 Å². The first-order valence-corrected chi connectivity index (χ1v) is 11.1. The highest BCUT2D eigenvalue weighted by Crippen LogP contribution is 2.37. The van der Waals surface area contributed by atoms with Crippen LogP contribution in [-0.2, 0) is 4.79 Å². The summed E-state index contributed by atoms with van der Waals surface area (Å²) in [5.74, 6) is -0.617. The number of likely N-dealkylation sites (tertiary alicyclic amines) is 1. The molecule has 2 heterocycles. The van der Waals surface area contributed by atoms with Crippen molar-refractivity contribution in [2.24, 2.45) is 5.92 Å². The molecule has 0 spiro atoms. The fourth-order valence-corrected chi connectivity index (χ4v) is 3.98. The molecule has 2 aliphatic rings. The van der Waals surface area contributed by atoms with Gasteiger partial charge in [-0.05, 0) is 44.5 Å². The highest BCUT2D eigenvalue weighted by molar-refractivity contribution is 6.00. The number of hydrogen-bond donors (Lipinski definition) is 2. The van der Waals surface area contributed by atoms with E-state index >= 15 is 0 Å². The van der Waals surface area contributed by atoms with Crippen LogP contribution in [0, 0.1) is 5.92 Å².